The molecule has 0 bridgehead atoms. The number of rotatable bonds is 4. The third kappa shape index (κ3) is 3.45. The highest BCUT2D eigenvalue weighted by Gasteiger charge is 2.12. The monoisotopic (exact) mass is 322 g/mol. The molecule has 1 amide bonds. The average molecular weight is 323 g/mol. The number of aromatic nitrogens is 1. The summed E-state index contributed by atoms with van der Waals surface area (Å²) in [6, 6.07) is 10.8. The van der Waals surface area contributed by atoms with Crippen molar-refractivity contribution in [2.75, 3.05) is 6.54 Å². The molecule has 1 atom stereocenters. The zero-order chi connectivity index (χ0) is 13.8. The van der Waals surface area contributed by atoms with Gasteiger partial charge in [0.05, 0.1) is 0 Å². The first kappa shape index (κ1) is 13.8. The summed E-state index contributed by atoms with van der Waals surface area (Å²) in [5, 5.41) is 12.7. The first-order valence-corrected chi connectivity index (χ1v) is 6.70. The van der Waals surface area contributed by atoms with E-state index in [4.69, 9.17) is 0 Å². The van der Waals surface area contributed by atoms with E-state index in [9.17, 15) is 9.90 Å². The van der Waals surface area contributed by atoms with E-state index >= 15 is 0 Å². The van der Waals surface area contributed by atoms with Crippen molar-refractivity contribution in [1.82, 2.24) is 9.88 Å². The molecule has 2 rings (SSSR count). The number of hydrogen-bond donors (Lipinski definition) is 2. The molecule has 0 aliphatic carbocycles. The number of nitrogens with one attached hydrogen (secondary N) is 1. The van der Waals surface area contributed by atoms with Crippen molar-refractivity contribution in [2.24, 2.45) is 7.05 Å². The molecule has 2 N–H and O–H groups in total. The molecule has 100 valence electrons. The topological polar surface area (TPSA) is 54.3 Å². The van der Waals surface area contributed by atoms with E-state index in [1.54, 1.807) is 12.1 Å². The van der Waals surface area contributed by atoms with Crippen molar-refractivity contribution in [2.45, 2.75) is 6.10 Å². The summed E-state index contributed by atoms with van der Waals surface area (Å²) in [5.41, 5.74) is 1.35. The SMILES string of the molecule is Cn1cccc1C(O)CNC(=O)c1ccc(Br)cc1. The van der Waals surface area contributed by atoms with Crippen LogP contribution in [0.3, 0.4) is 0 Å². The number of aliphatic hydroxyl groups excluding tert-OH is 1. The van der Waals surface area contributed by atoms with Crippen LogP contribution < -0.4 is 5.32 Å². The molecular weight excluding hydrogens is 308 g/mol. The second-order valence-electron chi connectivity index (χ2n) is 4.28. The van der Waals surface area contributed by atoms with Crippen molar-refractivity contribution in [3.63, 3.8) is 0 Å². The van der Waals surface area contributed by atoms with Crippen LogP contribution in [0.4, 0.5) is 0 Å². The molecule has 1 aromatic heterocycles. The molecule has 0 aliphatic heterocycles. The predicted molar refractivity (Wildman–Crippen MR) is 76.8 cm³/mol. The molecule has 19 heavy (non-hydrogen) atoms. The maximum atomic E-state index is 11.9. The summed E-state index contributed by atoms with van der Waals surface area (Å²) in [5.74, 6) is -0.194. The van der Waals surface area contributed by atoms with Crippen molar-refractivity contribution >= 4 is 21.8 Å². The molecule has 0 radical (unpaired) electrons. The fraction of sp³-hybridized carbons (Fsp3) is 0.214. The molecule has 0 spiro atoms. The molecule has 1 aromatic carbocycles. The maximum absolute atomic E-state index is 11.9. The van der Waals surface area contributed by atoms with Crippen LogP contribution in [0.5, 0.6) is 0 Å². The molecule has 5 heteroatoms. The van der Waals surface area contributed by atoms with Crippen LogP contribution in [-0.4, -0.2) is 22.1 Å². The average Bonchev–Trinajstić information content (AvgIpc) is 2.83. The first-order chi connectivity index (χ1) is 9.08. The standard InChI is InChI=1S/C14H15BrN2O2/c1-17-8-2-3-12(17)13(18)9-16-14(19)10-4-6-11(15)7-5-10/h2-8,13,18H,9H2,1H3,(H,16,19). The van der Waals surface area contributed by atoms with Gasteiger partial charge in [-0.2, -0.15) is 0 Å². The summed E-state index contributed by atoms with van der Waals surface area (Å²) in [7, 11) is 1.86. The highest BCUT2D eigenvalue weighted by molar-refractivity contribution is 9.10. The smallest absolute Gasteiger partial charge is 0.251 e. The number of halogens is 1. The Morgan fingerprint density at radius 2 is 2.05 bits per heavy atom. The Labute approximate surface area is 120 Å². The number of benzene rings is 1. The molecule has 1 heterocycles. The zero-order valence-corrected chi connectivity index (χ0v) is 12.1. The number of aliphatic hydroxyl groups is 1. The Morgan fingerprint density at radius 3 is 2.63 bits per heavy atom. The number of carbonyl (C=O) groups is 1. The summed E-state index contributed by atoms with van der Waals surface area (Å²) in [6.45, 7) is 0.187. The van der Waals surface area contributed by atoms with Crippen LogP contribution in [0.1, 0.15) is 22.2 Å². The largest absolute Gasteiger partial charge is 0.385 e. The molecular formula is C14H15BrN2O2. The fourth-order valence-electron chi connectivity index (χ4n) is 1.82. The summed E-state index contributed by atoms with van der Waals surface area (Å²) in [4.78, 5) is 11.9. The van der Waals surface area contributed by atoms with Crippen molar-refractivity contribution < 1.29 is 9.90 Å². The second kappa shape index (κ2) is 6.04. The molecule has 1 unspecified atom stereocenters. The highest BCUT2D eigenvalue weighted by Crippen LogP contribution is 2.13. The Balaban J connectivity index is 1.94. The van der Waals surface area contributed by atoms with Gasteiger partial charge in [0, 0.05) is 35.5 Å². The summed E-state index contributed by atoms with van der Waals surface area (Å²) >= 11 is 3.32. The molecule has 0 fully saturated rings. The van der Waals surface area contributed by atoms with Gasteiger partial charge in [0.25, 0.3) is 5.91 Å². The van der Waals surface area contributed by atoms with Crippen molar-refractivity contribution in [1.29, 1.82) is 0 Å². The zero-order valence-electron chi connectivity index (χ0n) is 10.5. The lowest BCUT2D eigenvalue weighted by atomic mass is 10.2. The van der Waals surface area contributed by atoms with Gasteiger partial charge in [-0.25, -0.2) is 0 Å². The van der Waals surface area contributed by atoms with Crippen LogP contribution in [0.2, 0.25) is 0 Å². The molecule has 2 aromatic rings. The highest BCUT2D eigenvalue weighted by atomic mass is 79.9. The van der Waals surface area contributed by atoms with Gasteiger partial charge < -0.3 is 15.0 Å². The van der Waals surface area contributed by atoms with E-state index in [1.165, 1.54) is 0 Å². The van der Waals surface area contributed by atoms with Crippen molar-refractivity contribution in [3.8, 4) is 0 Å². The molecule has 0 saturated carbocycles. The van der Waals surface area contributed by atoms with Gasteiger partial charge in [0.15, 0.2) is 0 Å². The second-order valence-corrected chi connectivity index (χ2v) is 5.19. The van der Waals surface area contributed by atoms with Gasteiger partial charge >= 0.3 is 0 Å². The van der Waals surface area contributed by atoms with E-state index in [-0.39, 0.29) is 12.5 Å². The number of carbonyl (C=O) groups excluding carboxylic acids is 1. The quantitative estimate of drug-likeness (QED) is 0.907. The Hall–Kier alpha value is -1.59. The maximum Gasteiger partial charge on any atom is 0.251 e. The lowest BCUT2D eigenvalue weighted by Gasteiger charge is -2.13. The van der Waals surface area contributed by atoms with Crippen LogP contribution in [0.25, 0.3) is 0 Å². The number of nitrogens with zero attached hydrogens (tertiary/aromatic N) is 1. The van der Waals surface area contributed by atoms with Crippen LogP contribution >= 0.6 is 15.9 Å². The minimum absolute atomic E-state index is 0.187. The normalized spacial score (nSPS) is 12.2. The first-order valence-electron chi connectivity index (χ1n) is 5.91. The minimum Gasteiger partial charge on any atom is -0.385 e. The lowest BCUT2D eigenvalue weighted by molar-refractivity contribution is 0.0912. The van der Waals surface area contributed by atoms with Gasteiger partial charge in [0.2, 0.25) is 0 Å². The van der Waals surface area contributed by atoms with Gasteiger partial charge in [-0.1, -0.05) is 15.9 Å². The minimum atomic E-state index is -0.709. The molecule has 4 nitrogen and oxygen atoms in total. The van der Waals surface area contributed by atoms with Gasteiger partial charge in [-0.15, -0.1) is 0 Å². The van der Waals surface area contributed by atoms with Crippen molar-refractivity contribution in [3.05, 3.63) is 58.3 Å². The van der Waals surface area contributed by atoms with E-state index in [0.29, 0.717) is 5.56 Å². The third-order valence-electron chi connectivity index (χ3n) is 2.89. The van der Waals surface area contributed by atoms with E-state index < -0.39 is 6.10 Å². The number of aryl methyl sites for hydroxylation is 1. The van der Waals surface area contributed by atoms with Crippen LogP contribution in [0, 0.1) is 0 Å². The number of amides is 1. The van der Waals surface area contributed by atoms with Crippen LogP contribution in [-0.2, 0) is 7.05 Å². The van der Waals surface area contributed by atoms with Gasteiger partial charge in [-0.3, -0.25) is 4.79 Å². The predicted octanol–water partition coefficient (Wildman–Crippen LogP) is 2.25. The van der Waals surface area contributed by atoms with E-state index in [2.05, 4.69) is 21.2 Å². The third-order valence-corrected chi connectivity index (χ3v) is 3.42. The summed E-state index contributed by atoms with van der Waals surface area (Å²) in [6.07, 6.45) is 1.15. The van der Waals surface area contributed by atoms with Crippen LogP contribution in [0.15, 0.2) is 47.1 Å². The molecule has 0 saturated heterocycles. The lowest BCUT2D eigenvalue weighted by Crippen LogP contribution is -2.29. The van der Waals surface area contributed by atoms with E-state index in [0.717, 1.165) is 10.2 Å². The summed E-state index contributed by atoms with van der Waals surface area (Å²) < 4.78 is 2.75. The Kier molecular flexibility index (Phi) is 4.39. The number of hydrogen-bond acceptors (Lipinski definition) is 2. The molecule has 0 aliphatic rings. The van der Waals surface area contributed by atoms with E-state index in [1.807, 2.05) is 42.1 Å². The Morgan fingerprint density at radius 1 is 1.37 bits per heavy atom. The van der Waals surface area contributed by atoms with Gasteiger partial charge in [0.1, 0.15) is 6.10 Å². The van der Waals surface area contributed by atoms with Gasteiger partial charge in [-0.05, 0) is 36.4 Å². The fourth-order valence-corrected chi connectivity index (χ4v) is 2.08. The Bertz CT molecular complexity index is 563.